The summed E-state index contributed by atoms with van der Waals surface area (Å²) in [6.45, 7) is 0. The highest BCUT2D eigenvalue weighted by molar-refractivity contribution is 8.02. The summed E-state index contributed by atoms with van der Waals surface area (Å²) in [6.07, 6.45) is 1.48. The first kappa shape index (κ1) is 19.2. The maximum atomic E-state index is 12.9. The zero-order chi connectivity index (χ0) is 20.1. The number of carbonyl (C=O) groups excluding carboxylic acids is 1. The van der Waals surface area contributed by atoms with E-state index in [0.717, 1.165) is 16.3 Å². The van der Waals surface area contributed by atoms with Crippen molar-refractivity contribution in [2.75, 3.05) is 12.0 Å². The lowest BCUT2D eigenvalue weighted by molar-refractivity contribution is -0.133. The summed E-state index contributed by atoms with van der Waals surface area (Å²) >= 11 is 1.62. The number of β-lactam (4-membered cyclic amide) rings is 1. The number of nitrogens with zero attached hydrogens (tertiary/aromatic N) is 1. The molecule has 0 unspecified atom stereocenters. The third kappa shape index (κ3) is 4.30. The molecular formula is C24H21NO3S. The van der Waals surface area contributed by atoms with Crippen molar-refractivity contribution in [2.24, 2.45) is 0 Å². The quantitative estimate of drug-likeness (QED) is 0.403. The van der Waals surface area contributed by atoms with E-state index in [4.69, 9.17) is 9.47 Å². The Labute approximate surface area is 174 Å². The maximum absolute atomic E-state index is 12.9. The fourth-order valence-electron chi connectivity index (χ4n) is 3.18. The summed E-state index contributed by atoms with van der Waals surface area (Å²) in [5, 5.41) is 2.02. The minimum atomic E-state index is -0.549. The second-order valence-corrected chi connectivity index (χ2v) is 7.49. The van der Waals surface area contributed by atoms with Crippen molar-refractivity contribution in [2.45, 2.75) is 17.0 Å². The number of methoxy groups -OCH3 is 1. The average molecular weight is 404 g/mol. The van der Waals surface area contributed by atoms with E-state index >= 15 is 0 Å². The summed E-state index contributed by atoms with van der Waals surface area (Å²) in [7, 11) is 1.62. The van der Waals surface area contributed by atoms with Crippen molar-refractivity contribution in [1.29, 1.82) is 0 Å². The zero-order valence-electron chi connectivity index (χ0n) is 16.0. The van der Waals surface area contributed by atoms with Crippen LogP contribution in [-0.4, -0.2) is 25.2 Å². The molecule has 3 aromatic carbocycles. The number of amides is 1. The molecule has 146 valence electrons. The summed E-state index contributed by atoms with van der Waals surface area (Å²) in [5.41, 5.74) is 0.822. The highest BCUT2D eigenvalue weighted by Gasteiger charge is 2.48. The molecule has 1 saturated heterocycles. The minimum absolute atomic E-state index is 0.0571. The second-order valence-electron chi connectivity index (χ2n) is 6.51. The summed E-state index contributed by atoms with van der Waals surface area (Å²) in [5.74, 6) is 1.39. The van der Waals surface area contributed by atoms with E-state index in [2.05, 4.69) is 12.1 Å². The Morgan fingerprint density at radius 1 is 0.862 bits per heavy atom. The predicted molar refractivity (Wildman–Crippen MR) is 117 cm³/mol. The fourth-order valence-corrected chi connectivity index (χ4v) is 3.89. The molecule has 0 N–H and O–H groups in total. The van der Waals surface area contributed by atoms with Crippen LogP contribution in [0.25, 0.3) is 0 Å². The van der Waals surface area contributed by atoms with Gasteiger partial charge in [-0.2, -0.15) is 0 Å². The van der Waals surface area contributed by atoms with Crippen LogP contribution in [0, 0.1) is 0 Å². The normalized spacial score (nSPS) is 18.5. The van der Waals surface area contributed by atoms with Gasteiger partial charge < -0.3 is 9.47 Å². The Bertz CT molecular complexity index is 974. The first-order valence-electron chi connectivity index (χ1n) is 9.33. The highest BCUT2D eigenvalue weighted by Crippen LogP contribution is 2.34. The van der Waals surface area contributed by atoms with Crippen LogP contribution in [0.5, 0.6) is 11.5 Å². The van der Waals surface area contributed by atoms with Gasteiger partial charge in [-0.1, -0.05) is 54.2 Å². The van der Waals surface area contributed by atoms with Crippen LogP contribution in [0.4, 0.5) is 5.69 Å². The van der Waals surface area contributed by atoms with Gasteiger partial charge in [0.05, 0.1) is 7.11 Å². The van der Waals surface area contributed by atoms with Gasteiger partial charge in [0.15, 0.2) is 0 Å². The van der Waals surface area contributed by atoms with Gasteiger partial charge in [-0.15, -0.1) is 0 Å². The topological polar surface area (TPSA) is 38.8 Å². The Morgan fingerprint density at radius 2 is 1.52 bits per heavy atom. The van der Waals surface area contributed by atoms with Gasteiger partial charge in [0, 0.05) is 10.6 Å². The SMILES string of the molecule is COc1ccc(N2C(=O)[C@@H](Oc3ccccc3)[C@H]2/C=C/Sc2ccccc2)cc1. The number of benzene rings is 3. The first-order chi connectivity index (χ1) is 14.3. The fraction of sp³-hybridized carbons (Fsp3) is 0.125. The standard InChI is InChI=1S/C24H21NO3S/c1-27-19-14-12-18(13-15-19)25-22(16-17-29-21-10-6-3-7-11-21)23(24(25)26)28-20-8-4-2-5-9-20/h2-17,22-23H,1H3/b17-16+/t22-,23+/m1/s1. The number of ether oxygens (including phenoxy) is 2. The molecule has 1 aliphatic rings. The van der Waals surface area contributed by atoms with Crippen molar-refractivity contribution in [3.8, 4) is 11.5 Å². The Kier molecular flexibility index (Phi) is 5.86. The van der Waals surface area contributed by atoms with E-state index < -0.39 is 6.10 Å². The number of carbonyl (C=O) groups is 1. The molecule has 29 heavy (non-hydrogen) atoms. The first-order valence-corrected chi connectivity index (χ1v) is 10.2. The summed E-state index contributed by atoms with van der Waals surface area (Å²) in [4.78, 5) is 15.8. The molecule has 2 atom stereocenters. The van der Waals surface area contributed by atoms with Gasteiger partial charge in [-0.25, -0.2) is 0 Å². The molecular weight excluding hydrogens is 382 g/mol. The Balaban J connectivity index is 1.55. The summed E-state index contributed by atoms with van der Waals surface area (Å²) < 4.78 is 11.2. The molecule has 0 aliphatic carbocycles. The molecule has 0 spiro atoms. The molecule has 0 bridgehead atoms. The van der Waals surface area contributed by atoms with E-state index in [9.17, 15) is 4.79 Å². The van der Waals surface area contributed by atoms with Crippen LogP contribution in [0.3, 0.4) is 0 Å². The predicted octanol–water partition coefficient (Wildman–Crippen LogP) is 5.16. The van der Waals surface area contributed by atoms with Crippen LogP contribution in [0.2, 0.25) is 0 Å². The highest BCUT2D eigenvalue weighted by atomic mass is 32.2. The van der Waals surface area contributed by atoms with Crippen LogP contribution in [-0.2, 0) is 4.79 Å². The molecule has 1 fully saturated rings. The Hall–Kier alpha value is -3.18. The number of anilines is 1. The number of hydrogen-bond acceptors (Lipinski definition) is 4. The molecule has 0 saturated carbocycles. The lowest BCUT2D eigenvalue weighted by Gasteiger charge is -2.45. The summed E-state index contributed by atoms with van der Waals surface area (Å²) in [6, 6.07) is 26.9. The number of hydrogen-bond donors (Lipinski definition) is 0. The van der Waals surface area contributed by atoms with Gasteiger partial charge in [-0.3, -0.25) is 9.69 Å². The molecule has 4 rings (SSSR count). The third-order valence-corrected chi connectivity index (χ3v) is 5.51. The van der Waals surface area contributed by atoms with Crippen molar-refractivity contribution < 1.29 is 14.3 Å². The smallest absolute Gasteiger partial charge is 0.271 e. The van der Waals surface area contributed by atoms with Crippen LogP contribution < -0.4 is 14.4 Å². The molecule has 3 aromatic rings. The number of para-hydroxylation sites is 1. The monoisotopic (exact) mass is 403 g/mol. The van der Waals surface area contributed by atoms with Crippen molar-refractivity contribution in [3.05, 3.63) is 96.4 Å². The molecule has 0 radical (unpaired) electrons. The molecule has 4 nitrogen and oxygen atoms in total. The minimum Gasteiger partial charge on any atom is -0.497 e. The van der Waals surface area contributed by atoms with Gasteiger partial charge in [-0.05, 0) is 53.9 Å². The van der Waals surface area contributed by atoms with Crippen LogP contribution in [0.15, 0.2) is 101 Å². The van der Waals surface area contributed by atoms with Crippen molar-refractivity contribution >= 4 is 23.4 Å². The lowest BCUT2D eigenvalue weighted by atomic mass is 9.96. The van der Waals surface area contributed by atoms with Crippen molar-refractivity contribution in [1.82, 2.24) is 0 Å². The maximum Gasteiger partial charge on any atom is 0.271 e. The lowest BCUT2D eigenvalue weighted by Crippen LogP contribution is -2.66. The molecule has 5 heteroatoms. The third-order valence-electron chi connectivity index (χ3n) is 4.67. The van der Waals surface area contributed by atoms with E-state index in [0.29, 0.717) is 5.75 Å². The van der Waals surface area contributed by atoms with Crippen LogP contribution >= 0.6 is 11.8 Å². The van der Waals surface area contributed by atoms with Crippen molar-refractivity contribution in [3.63, 3.8) is 0 Å². The molecule has 1 heterocycles. The van der Waals surface area contributed by atoms with E-state index in [1.54, 1.807) is 23.8 Å². The van der Waals surface area contributed by atoms with Gasteiger partial charge in [0.1, 0.15) is 17.5 Å². The number of thioether (sulfide) groups is 1. The van der Waals surface area contributed by atoms with Gasteiger partial charge in [0.25, 0.3) is 5.91 Å². The van der Waals surface area contributed by atoms with Gasteiger partial charge in [0.2, 0.25) is 6.10 Å². The van der Waals surface area contributed by atoms with Gasteiger partial charge >= 0.3 is 0 Å². The molecule has 0 aromatic heterocycles. The van der Waals surface area contributed by atoms with E-state index in [1.807, 2.05) is 84.3 Å². The Morgan fingerprint density at radius 3 is 2.17 bits per heavy atom. The largest absolute Gasteiger partial charge is 0.497 e. The molecule has 1 amide bonds. The number of rotatable bonds is 7. The van der Waals surface area contributed by atoms with E-state index in [-0.39, 0.29) is 11.9 Å². The van der Waals surface area contributed by atoms with Crippen LogP contribution in [0.1, 0.15) is 0 Å². The second kappa shape index (κ2) is 8.88. The van der Waals surface area contributed by atoms with E-state index in [1.165, 1.54) is 0 Å². The average Bonchev–Trinajstić information content (AvgIpc) is 2.78. The zero-order valence-corrected chi connectivity index (χ0v) is 16.8. The molecule has 1 aliphatic heterocycles.